The van der Waals surface area contributed by atoms with Crippen LogP contribution >= 0.6 is 27.5 Å². The molecular weight excluding hydrogens is 376 g/mol. The van der Waals surface area contributed by atoms with E-state index < -0.39 is 10.8 Å². The van der Waals surface area contributed by atoms with Gasteiger partial charge in [0.1, 0.15) is 5.75 Å². The number of amides is 1. The van der Waals surface area contributed by atoms with Crippen molar-refractivity contribution in [2.45, 2.75) is 0 Å². The highest BCUT2D eigenvalue weighted by atomic mass is 79.9. The number of nitrogens with one attached hydrogen (secondary N) is 1. The molecule has 0 saturated carbocycles. The van der Waals surface area contributed by atoms with Crippen LogP contribution < -0.4 is 10.1 Å². The fourth-order valence-electron chi connectivity index (χ4n) is 1.61. The molecule has 1 N–H and O–H groups in total. The molecule has 22 heavy (non-hydrogen) atoms. The molecule has 114 valence electrons. The number of nitro groups is 1. The number of carbonyl (C=O) groups excluding carboxylic acids is 1. The largest absolute Gasteiger partial charge is 0.482 e. The molecule has 0 bridgehead atoms. The molecule has 0 aliphatic carbocycles. The molecule has 0 aromatic heterocycles. The molecule has 0 saturated heterocycles. The van der Waals surface area contributed by atoms with E-state index in [-0.39, 0.29) is 12.3 Å². The lowest BCUT2D eigenvalue weighted by molar-refractivity contribution is -0.384. The van der Waals surface area contributed by atoms with Crippen LogP contribution in [0.4, 0.5) is 11.4 Å². The summed E-state index contributed by atoms with van der Waals surface area (Å²) < 4.78 is 5.72. The van der Waals surface area contributed by atoms with Crippen molar-refractivity contribution >= 4 is 44.8 Å². The Morgan fingerprint density at radius 1 is 1.32 bits per heavy atom. The monoisotopic (exact) mass is 384 g/mol. The molecule has 0 aliphatic rings. The molecule has 1 amide bonds. The van der Waals surface area contributed by atoms with E-state index >= 15 is 0 Å². The second-order valence-corrected chi connectivity index (χ2v) is 5.45. The van der Waals surface area contributed by atoms with Crippen LogP contribution in [0.25, 0.3) is 0 Å². The van der Waals surface area contributed by atoms with Gasteiger partial charge in [-0.05, 0) is 34.1 Å². The first-order valence-electron chi connectivity index (χ1n) is 6.08. The summed E-state index contributed by atoms with van der Waals surface area (Å²) in [6.07, 6.45) is 0. The van der Waals surface area contributed by atoms with Crippen LogP contribution in [0.2, 0.25) is 5.02 Å². The molecule has 0 heterocycles. The molecule has 6 nitrogen and oxygen atoms in total. The van der Waals surface area contributed by atoms with Gasteiger partial charge in [0, 0.05) is 16.6 Å². The minimum absolute atomic E-state index is 0.0720. The van der Waals surface area contributed by atoms with E-state index in [1.54, 1.807) is 24.3 Å². The lowest BCUT2D eigenvalue weighted by atomic mass is 10.3. The standard InChI is InChI=1S/C14H10BrClN2O4/c15-10-7-9(18(20)21)5-6-12(10)17-14(19)8-22-13-4-2-1-3-11(13)16/h1-7H,8H2,(H,17,19). The third-order valence-electron chi connectivity index (χ3n) is 2.63. The zero-order valence-electron chi connectivity index (χ0n) is 11.1. The Balaban J connectivity index is 1.98. The van der Waals surface area contributed by atoms with Crippen LogP contribution in [-0.4, -0.2) is 17.4 Å². The number of rotatable bonds is 5. The molecule has 2 rings (SSSR count). The van der Waals surface area contributed by atoms with Gasteiger partial charge in [-0.3, -0.25) is 14.9 Å². The zero-order chi connectivity index (χ0) is 16.1. The number of nitro benzene ring substituents is 1. The molecule has 2 aromatic carbocycles. The maximum Gasteiger partial charge on any atom is 0.270 e. The Bertz CT molecular complexity index is 724. The van der Waals surface area contributed by atoms with Crippen molar-refractivity contribution < 1.29 is 14.5 Å². The van der Waals surface area contributed by atoms with E-state index in [1.807, 2.05) is 0 Å². The molecule has 0 unspecified atom stereocenters. The highest BCUT2D eigenvalue weighted by Crippen LogP contribution is 2.27. The fraction of sp³-hybridized carbons (Fsp3) is 0.0714. The summed E-state index contributed by atoms with van der Waals surface area (Å²) in [5.41, 5.74) is 0.343. The third kappa shape index (κ3) is 4.19. The molecule has 0 fully saturated rings. The van der Waals surface area contributed by atoms with Crippen LogP contribution in [-0.2, 0) is 4.79 Å². The van der Waals surface area contributed by atoms with Gasteiger partial charge in [0.25, 0.3) is 11.6 Å². The lowest BCUT2D eigenvalue weighted by Gasteiger charge is -2.09. The van der Waals surface area contributed by atoms with Gasteiger partial charge in [0.15, 0.2) is 6.61 Å². The van der Waals surface area contributed by atoms with Crippen molar-refractivity contribution in [1.82, 2.24) is 0 Å². The number of halogens is 2. The first kappa shape index (κ1) is 16.3. The van der Waals surface area contributed by atoms with Crippen molar-refractivity contribution in [3.05, 3.63) is 62.1 Å². The number of ether oxygens (including phenoxy) is 1. The summed E-state index contributed by atoms with van der Waals surface area (Å²) >= 11 is 9.08. The van der Waals surface area contributed by atoms with E-state index in [0.717, 1.165) is 0 Å². The molecule has 2 aromatic rings. The summed E-state index contributed by atoms with van der Waals surface area (Å²) in [5, 5.41) is 13.6. The molecular formula is C14H10BrClN2O4. The van der Waals surface area contributed by atoms with Crippen LogP contribution in [0.1, 0.15) is 0 Å². The van der Waals surface area contributed by atoms with Crippen LogP contribution in [0.5, 0.6) is 5.75 Å². The number of nitrogens with zero attached hydrogens (tertiary/aromatic N) is 1. The highest BCUT2D eigenvalue weighted by molar-refractivity contribution is 9.10. The van der Waals surface area contributed by atoms with E-state index in [4.69, 9.17) is 16.3 Å². The number of anilines is 1. The molecule has 0 aliphatic heterocycles. The van der Waals surface area contributed by atoms with Gasteiger partial charge in [-0.2, -0.15) is 0 Å². The predicted octanol–water partition coefficient (Wildman–Crippen LogP) is 4.03. The second kappa shape index (κ2) is 7.24. The normalized spacial score (nSPS) is 10.1. The van der Waals surface area contributed by atoms with Gasteiger partial charge >= 0.3 is 0 Å². The fourth-order valence-corrected chi connectivity index (χ4v) is 2.27. The average molecular weight is 386 g/mol. The Morgan fingerprint density at radius 3 is 2.68 bits per heavy atom. The summed E-state index contributed by atoms with van der Waals surface area (Å²) in [4.78, 5) is 22.0. The third-order valence-corrected chi connectivity index (χ3v) is 3.60. The number of non-ortho nitro benzene ring substituents is 1. The maximum atomic E-state index is 11.8. The van der Waals surface area contributed by atoms with Gasteiger partial charge in [-0.15, -0.1) is 0 Å². The van der Waals surface area contributed by atoms with Crippen molar-refractivity contribution in [2.75, 3.05) is 11.9 Å². The summed E-state index contributed by atoms with van der Waals surface area (Å²) in [7, 11) is 0. The van der Waals surface area contributed by atoms with Gasteiger partial charge in [-0.1, -0.05) is 23.7 Å². The van der Waals surface area contributed by atoms with Gasteiger partial charge in [-0.25, -0.2) is 0 Å². The lowest BCUT2D eigenvalue weighted by Crippen LogP contribution is -2.20. The predicted molar refractivity (Wildman–Crippen MR) is 86.4 cm³/mol. The van der Waals surface area contributed by atoms with Crippen molar-refractivity contribution in [2.24, 2.45) is 0 Å². The Hall–Kier alpha value is -2.12. The first-order chi connectivity index (χ1) is 10.5. The smallest absolute Gasteiger partial charge is 0.270 e. The Kier molecular flexibility index (Phi) is 5.35. The Morgan fingerprint density at radius 2 is 2.05 bits per heavy atom. The van der Waals surface area contributed by atoms with Crippen molar-refractivity contribution in [3.8, 4) is 5.75 Å². The maximum absolute atomic E-state index is 11.8. The van der Waals surface area contributed by atoms with Crippen molar-refractivity contribution in [1.29, 1.82) is 0 Å². The van der Waals surface area contributed by atoms with Crippen LogP contribution in [0, 0.1) is 10.1 Å². The topological polar surface area (TPSA) is 81.5 Å². The molecule has 0 radical (unpaired) electrons. The number of carbonyl (C=O) groups is 1. The highest BCUT2D eigenvalue weighted by Gasteiger charge is 2.12. The Labute approximate surface area is 139 Å². The number of hydrogen-bond donors (Lipinski definition) is 1. The summed E-state index contributed by atoms with van der Waals surface area (Å²) in [6.45, 7) is -0.229. The minimum Gasteiger partial charge on any atom is -0.482 e. The van der Waals surface area contributed by atoms with Crippen molar-refractivity contribution in [3.63, 3.8) is 0 Å². The quantitative estimate of drug-likeness (QED) is 0.622. The number of benzene rings is 2. The number of hydrogen-bond acceptors (Lipinski definition) is 4. The summed E-state index contributed by atoms with van der Waals surface area (Å²) in [6, 6.07) is 10.9. The summed E-state index contributed by atoms with van der Waals surface area (Å²) in [5.74, 6) is -0.00319. The SMILES string of the molecule is O=C(COc1ccccc1Cl)Nc1ccc([N+](=O)[O-])cc1Br. The minimum atomic E-state index is -0.517. The van der Waals surface area contributed by atoms with Gasteiger partial charge < -0.3 is 10.1 Å². The van der Waals surface area contributed by atoms with Gasteiger partial charge in [0.2, 0.25) is 0 Å². The first-order valence-corrected chi connectivity index (χ1v) is 7.25. The number of para-hydroxylation sites is 1. The second-order valence-electron chi connectivity index (χ2n) is 4.19. The molecule has 8 heteroatoms. The van der Waals surface area contributed by atoms with Crippen LogP contribution in [0.3, 0.4) is 0 Å². The molecule has 0 atom stereocenters. The van der Waals surface area contributed by atoms with Gasteiger partial charge in [0.05, 0.1) is 15.6 Å². The van der Waals surface area contributed by atoms with E-state index in [2.05, 4.69) is 21.2 Å². The zero-order valence-corrected chi connectivity index (χ0v) is 13.4. The van der Waals surface area contributed by atoms with Crippen LogP contribution in [0.15, 0.2) is 46.9 Å². The van der Waals surface area contributed by atoms with E-state index in [9.17, 15) is 14.9 Å². The molecule has 0 spiro atoms. The van der Waals surface area contributed by atoms with E-state index in [1.165, 1.54) is 18.2 Å². The van der Waals surface area contributed by atoms with E-state index in [0.29, 0.717) is 20.9 Å². The average Bonchev–Trinajstić information content (AvgIpc) is 2.48.